The average molecular weight is 310 g/mol. The fourth-order valence-corrected chi connectivity index (χ4v) is 2.48. The molecular formula is C16H24ClN3O. The average Bonchev–Trinajstić information content (AvgIpc) is 3.29. The SMILES string of the molecule is CCCNc1ccc(Cl)c(C(=O)NC(CC)CC2CC2)n1. The van der Waals surface area contributed by atoms with Gasteiger partial charge < -0.3 is 10.6 Å². The predicted octanol–water partition coefficient (Wildman–Crippen LogP) is 3.87. The number of hydrogen-bond acceptors (Lipinski definition) is 3. The topological polar surface area (TPSA) is 54.0 Å². The van der Waals surface area contributed by atoms with Crippen LogP contribution in [0.1, 0.15) is 56.4 Å². The largest absolute Gasteiger partial charge is 0.370 e. The summed E-state index contributed by atoms with van der Waals surface area (Å²) >= 11 is 6.12. The molecule has 0 aliphatic heterocycles. The van der Waals surface area contributed by atoms with E-state index in [0.29, 0.717) is 16.5 Å². The van der Waals surface area contributed by atoms with Crippen molar-refractivity contribution in [3.8, 4) is 0 Å². The molecule has 1 aliphatic rings. The highest BCUT2D eigenvalue weighted by molar-refractivity contribution is 6.33. The summed E-state index contributed by atoms with van der Waals surface area (Å²) in [5.41, 5.74) is 0.312. The molecule has 1 fully saturated rings. The van der Waals surface area contributed by atoms with Gasteiger partial charge in [0.05, 0.1) is 5.02 Å². The smallest absolute Gasteiger partial charge is 0.271 e. The maximum atomic E-state index is 12.4. The van der Waals surface area contributed by atoms with E-state index in [9.17, 15) is 4.79 Å². The van der Waals surface area contributed by atoms with Crippen LogP contribution in [-0.4, -0.2) is 23.5 Å². The van der Waals surface area contributed by atoms with Crippen molar-refractivity contribution in [2.24, 2.45) is 5.92 Å². The van der Waals surface area contributed by atoms with E-state index in [2.05, 4.69) is 29.5 Å². The van der Waals surface area contributed by atoms with E-state index in [0.717, 1.165) is 31.7 Å². The van der Waals surface area contributed by atoms with Crippen molar-refractivity contribution < 1.29 is 4.79 Å². The molecule has 2 rings (SSSR count). The van der Waals surface area contributed by atoms with Crippen molar-refractivity contribution in [1.82, 2.24) is 10.3 Å². The molecular weight excluding hydrogens is 286 g/mol. The molecule has 0 saturated heterocycles. The van der Waals surface area contributed by atoms with Crippen molar-refractivity contribution in [3.05, 3.63) is 22.8 Å². The highest BCUT2D eigenvalue weighted by atomic mass is 35.5. The third-order valence-electron chi connectivity index (χ3n) is 3.76. The van der Waals surface area contributed by atoms with E-state index in [1.807, 2.05) is 0 Å². The standard InChI is InChI=1S/C16H24ClN3O/c1-3-9-18-14-8-7-13(17)15(20-14)16(21)19-12(4-2)10-11-5-6-11/h7-8,11-12H,3-6,9-10H2,1-2H3,(H,18,20)(H,19,21). The van der Waals surface area contributed by atoms with Crippen LogP contribution in [0.3, 0.4) is 0 Å². The van der Waals surface area contributed by atoms with Crippen molar-refractivity contribution in [3.63, 3.8) is 0 Å². The van der Waals surface area contributed by atoms with Crippen LogP contribution in [0.25, 0.3) is 0 Å². The molecule has 116 valence electrons. The molecule has 1 amide bonds. The fraction of sp³-hybridized carbons (Fsp3) is 0.625. The molecule has 1 atom stereocenters. The molecule has 1 aromatic heterocycles. The lowest BCUT2D eigenvalue weighted by Crippen LogP contribution is -2.35. The molecule has 0 spiro atoms. The number of carbonyl (C=O) groups excluding carboxylic acids is 1. The van der Waals surface area contributed by atoms with Crippen molar-refractivity contribution >= 4 is 23.3 Å². The number of anilines is 1. The number of halogens is 1. The lowest BCUT2D eigenvalue weighted by atomic mass is 10.1. The van der Waals surface area contributed by atoms with Gasteiger partial charge in [0.1, 0.15) is 11.5 Å². The van der Waals surface area contributed by atoms with Gasteiger partial charge in [0, 0.05) is 12.6 Å². The summed E-state index contributed by atoms with van der Waals surface area (Å²) < 4.78 is 0. The molecule has 21 heavy (non-hydrogen) atoms. The lowest BCUT2D eigenvalue weighted by molar-refractivity contribution is 0.0928. The van der Waals surface area contributed by atoms with Crippen LogP contribution in [0.5, 0.6) is 0 Å². The van der Waals surface area contributed by atoms with Crippen molar-refractivity contribution in [1.29, 1.82) is 0 Å². The molecule has 0 aromatic carbocycles. The zero-order valence-corrected chi connectivity index (χ0v) is 13.5. The van der Waals surface area contributed by atoms with Crippen LogP contribution in [0.4, 0.5) is 5.82 Å². The summed E-state index contributed by atoms with van der Waals surface area (Å²) in [6.07, 6.45) is 5.59. The van der Waals surface area contributed by atoms with Crippen LogP contribution >= 0.6 is 11.6 Å². The quantitative estimate of drug-likeness (QED) is 0.766. The molecule has 4 nitrogen and oxygen atoms in total. The van der Waals surface area contributed by atoms with E-state index >= 15 is 0 Å². The molecule has 0 radical (unpaired) electrons. The minimum Gasteiger partial charge on any atom is -0.370 e. The Morgan fingerprint density at radius 1 is 1.43 bits per heavy atom. The minimum absolute atomic E-state index is 0.173. The number of carbonyl (C=O) groups is 1. The monoisotopic (exact) mass is 309 g/mol. The summed E-state index contributed by atoms with van der Waals surface area (Å²) in [6, 6.07) is 3.75. The second-order valence-electron chi connectivity index (χ2n) is 5.71. The van der Waals surface area contributed by atoms with Gasteiger partial charge in [0.25, 0.3) is 5.91 Å². The van der Waals surface area contributed by atoms with Gasteiger partial charge in [0.2, 0.25) is 0 Å². The Morgan fingerprint density at radius 2 is 2.19 bits per heavy atom. The molecule has 1 unspecified atom stereocenters. The van der Waals surface area contributed by atoms with Gasteiger partial charge in [-0.1, -0.05) is 38.3 Å². The van der Waals surface area contributed by atoms with Crippen LogP contribution in [0.2, 0.25) is 5.02 Å². The number of aromatic nitrogens is 1. The summed E-state index contributed by atoms with van der Waals surface area (Å²) in [5.74, 6) is 1.31. The number of hydrogen-bond donors (Lipinski definition) is 2. The maximum absolute atomic E-state index is 12.4. The summed E-state index contributed by atoms with van der Waals surface area (Å²) in [5, 5.41) is 6.64. The Kier molecular flexibility index (Phi) is 5.85. The maximum Gasteiger partial charge on any atom is 0.271 e. The number of pyridine rings is 1. The Hall–Kier alpha value is -1.29. The van der Waals surface area contributed by atoms with Gasteiger partial charge in [-0.05, 0) is 37.3 Å². The third kappa shape index (κ3) is 4.88. The molecule has 0 bridgehead atoms. The van der Waals surface area contributed by atoms with Crippen molar-refractivity contribution in [2.45, 2.75) is 52.0 Å². The van der Waals surface area contributed by atoms with Gasteiger partial charge >= 0.3 is 0 Å². The van der Waals surface area contributed by atoms with E-state index in [-0.39, 0.29) is 11.9 Å². The first-order chi connectivity index (χ1) is 10.1. The highest BCUT2D eigenvalue weighted by Crippen LogP contribution is 2.34. The van der Waals surface area contributed by atoms with E-state index < -0.39 is 0 Å². The highest BCUT2D eigenvalue weighted by Gasteiger charge is 2.26. The Labute approximate surface area is 131 Å². The minimum atomic E-state index is -0.173. The zero-order valence-electron chi connectivity index (χ0n) is 12.8. The Bertz CT molecular complexity index is 488. The normalized spacial score (nSPS) is 15.6. The van der Waals surface area contributed by atoms with E-state index in [4.69, 9.17) is 11.6 Å². The first-order valence-corrected chi connectivity index (χ1v) is 8.23. The van der Waals surface area contributed by atoms with Gasteiger partial charge in [-0.2, -0.15) is 0 Å². The predicted molar refractivity (Wildman–Crippen MR) is 86.9 cm³/mol. The molecule has 1 aromatic rings. The molecule has 5 heteroatoms. The Balaban J connectivity index is 2.02. The van der Waals surface area contributed by atoms with Gasteiger partial charge in [-0.15, -0.1) is 0 Å². The van der Waals surface area contributed by atoms with E-state index in [1.54, 1.807) is 12.1 Å². The summed E-state index contributed by atoms with van der Waals surface area (Å²) in [6.45, 7) is 5.01. The number of rotatable bonds is 8. The van der Waals surface area contributed by atoms with Crippen LogP contribution in [-0.2, 0) is 0 Å². The first-order valence-electron chi connectivity index (χ1n) is 7.85. The first kappa shape index (κ1) is 16.1. The van der Waals surface area contributed by atoms with Crippen LogP contribution in [0.15, 0.2) is 12.1 Å². The number of amides is 1. The summed E-state index contributed by atoms with van der Waals surface area (Å²) in [4.78, 5) is 16.7. The van der Waals surface area contributed by atoms with Gasteiger partial charge in [-0.3, -0.25) is 4.79 Å². The van der Waals surface area contributed by atoms with Gasteiger partial charge in [-0.25, -0.2) is 4.98 Å². The lowest BCUT2D eigenvalue weighted by Gasteiger charge is -2.17. The van der Waals surface area contributed by atoms with Crippen LogP contribution in [0, 0.1) is 5.92 Å². The second kappa shape index (κ2) is 7.64. The molecule has 1 aliphatic carbocycles. The van der Waals surface area contributed by atoms with Crippen LogP contribution < -0.4 is 10.6 Å². The zero-order chi connectivity index (χ0) is 15.2. The van der Waals surface area contributed by atoms with E-state index in [1.165, 1.54) is 12.8 Å². The third-order valence-corrected chi connectivity index (χ3v) is 4.06. The van der Waals surface area contributed by atoms with Gasteiger partial charge in [0.15, 0.2) is 0 Å². The molecule has 2 N–H and O–H groups in total. The van der Waals surface area contributed by atoms with Crippen molar-refractivity contribution in [2.75, 3.05) is 11.9 Å². The Morgan fingerprint density at radius 3 is 2.81 bits per heavy atom. The summed E-state index contributed by atoms with van der Waals surface area (Å²) in [7, 11) is 0. The fourth-order valence-electron chi connectivity index (χ4n) is 2.29. The molecule has 1 saturated carbocycles. The number of nitrogens with one attached hydrogen (secondary N) is 2. The molecule has 1 heterocycles. The number of nitrogens with zero attached hydrogens (tertiary/aromatic N) is 1. The second-order valence-corrected chi connectivity index (χ2v) is 6.12.